The van der Waals surface area contributed by atoms with Gasteiger partial charge in [-0.15, -0.1) is 0 Å². The first-order chi connectivity index (χ1) is 16.3. The maximum absolute atomic E-state index is 13.7. The highest BCUT2D eigenvalue weighted by molar-refractivity contribution is 5.84. The van der Waals surface area contributed by atoms with Gasteiger partial charge in [-0.25, -0.2) is 9.78 Å². The number of carboxylic acid groups (broad SMARTS) is 1. The van der Waals surface area contributed by atoms with Crippen LogP contribution in [0.1, 0.15) is 52.5 Å². The van der Waals surface area contributed by atoms with Crippen LogP contribution in [0.5, 0.6) is 0 Å². The van der Waals surface area contributed by atoms with E-state index in [-0.39, 0.29) is 24.4 Å². The molecule has 196 valence electrons. The van der Waals surface area contributed by atoms with Gasteiger partial charge in [0.2, 0.25) is 5.91 Å². The van der Waals surface area contributed by atoms with Crippen LogP contribution in [0.4, 0.5) is 23.8 Å². The number of halogens is 3. The number of piperazine rings is 1. The topological polar surface area (TPSA) is 86.2 Å². The Hall–Kier alpha value is -2.56. The molecule has 1 aliphatic carbocycles. The van der Waals surface area contributed by atoms with Crippen molar-refractivity contribution in [1.29, 1.82) is 0 Å². The number of pyridine rings is 1. The summed E-state index contributed by atoms with van der Waals surface area (Å²) in [6.07, 6.45) is -2.84. The van der Waals surface area contributed by atoms with Gasteiger partial charge in [0.05, 0.1) is 17.6 Å². The minimum atomic E-state index is -4.45. The van der Waals surface area contributed by atoms with Crippen LogP contribution in [0.15, 0.2) is 18.3 Å². The Bertz CT molecular complexity index is 913. The molecule has 0 spiro atoms. The fourth-order valence-corrected chi connectivity index (χ4v) is 5.24. The normalized spacial score (nSPS) is 23.5. The highest BCUT2D eigenvalue weighted by Crippen LogP contribution is 2.44. The zero-order chi connectivity index (χ0) is 26.0. The third-order valence-electron chi connectivity index (χ3n) is 6.88. The van der Waals surface area contributed by atoms with E-state index in [9.17, 15) is 27.9 Å². The number of carbonyl (C=O) groups excluding carboxylic acids is 1. The molecule has 35 heavy (non-hydrogen) atoms. The van der Waals surface area contributed by atoms with Crippen LogP contribution < -0.4 is 4.90 Å². The molecule has 1 N–H and O–H groups in total. The van der Waals surface area contributed by atoms with Gasteiger partial charge in [-0.05, 0) is 59.1 Å². The number of anilines is 1. The molecular weight excluding hydrogens is 465 g/mol. The van der Waals surface area contributed by atoms with Gasteiger partial charge in [-0.3, -0.25) is 4.79 Å². The van der Waals surface area contributed by atoms with Crippen LogP contribution in [0.25, 0.3) is 0 Å². The molecule has 2 atom stereocenters. The fraction of sp³-hybridized carbons (Fsp3) is 0.708. The van der Waals surface area contributed by atoms with Gasteiger partial charge < -0.3 is 24.5 Å². The lowest BCUT2D eigenvalue weighted by Crippen LogP contribution is -2.55. The molecule has 0 bridgehead atoms. The molecule has 1 saturated carbocycles. The molecule has 1 saturated heterocycles. The van der Waals surface area contributed by atoms with E-state index in [0.29, 0.717) is 52.0 Å². The number of amides is 2. The minimum Gasteiger partial charge on any atom is -0.465 e. The van der Waals surface area contributed by atoms with Crippen LogP contribution in [0.3, 0.4) is 0 Å². The number of rotatable bonds is 6. The van der Waals surface area contributed by atoms with Gasteiger partial charge >= 0.3 is 12.3 Å². The zero-order valence-electron chi connectivity index (χ0n) is 20.8. The molecule has 2 heterocycles. The highest BCUT2D eigenvalue weighted by atomic mass is 19.4. The molecule has 1 aliphatic heterocycles. The third kappa shape index (κ3) is 5.99. The zero-order valence-corrected chi connectivity index (χ0v) is 20.8. The summed E-state index contributed by atoms with van der Waals surface area (Å²) in [5, 5.41) is 9.83. The average molecular weight is 501 g/mol. The second kappa shape index (κ2) is 10.2. The average Bonchev–Trinajstić information content (AvgIpc) is 3.20. The Morgan fingerprint density at radius 1 is 1.23 bits per heavy atom. The summed E-state index contributed by atoms with van der Waals surface area (Å²) in [4.78, 5) is 34.7. The van der Waals surface area contributed by atoms with E-state index in [1.807, 2.05) is 27.7 Å². The quantitative estimate of drug-likeness (QED) is 0.633. The lowest BCUT2D eigenvalue weighted by atomic mass is 9.84. The predicted octanol–water partition coefficient (Wildman–Crippen LogP) is 4.10. The molecule has 1 aromatic rings. The van der Waals surface area contributed by atoms with Gasteiger partial charge in [-0.1, -0.05) is 0 Å². The summed E-state index contributed by atoms with van der Waals surface area (Å²) < 4.78 is 44.9. The first-order valence-corrected chi connectivity index (χ1v) is 12.0. The van der Waals surface area contributed by atoms with Crippen molar-refractivity contribution in [3.8, 4) is 0 Å². The Labute approximate surface area is 204 Å². The van der Waals surface area contributed by atoms with Crippen LogP contribution >= 0.6 is 0 Å². The number of ether oxygens (including phenoxy) is 1. The van der Waals surface area contributed by atoms with Gasteiger partial charge in [0.15, 0.2) is 0 Å². The van der Waals surface area contributed by atoms with Crippen LogP contribution in [-0.4, -0.2) is 82.9 Å². The standard InChI is InChI=1S/C24H35F3N4O4/c1-5-35-16-23(8-6-18(15-23)31(21(33)34)22(2,3)4)20(32)30-12-10-29(11-13-30)19-14-17(7-9-28-19)24(25,26)27/h7,9,14,18H,5-6,8,10-13,15-16H2,1-4H3,(H,33,34)/t18?,23-/m0/s1. The smallest absolute Gasteiger partial charge is 0.416 e. The summed E-state index contributed by atoms with van der Waals surface area (Å²) in [6.45, 7) is 9.43. The monoisotopic (exact) mass is 500 g/mol. The lowest BCUT2D eigenvalue weighted by Gasteiger charge is -2.41. The summed E-state index contributed by atoms with van der Waals surface area (Å²) >= 11 is 0. The number of nitrogens with zero attached hydrogens (tertiary/aromatic N) is 4. The molecule has 0 aromatic carbocycles. The molecule has 1 aromatic heterocycles. The minimum absolute atomic E-state index is 0.0793. The van der Waals surface area contributed by atoms with E-state index in [2.05, 4.69) is 4.98 Å². The molecule has 0 radical (unpaired) electrons. The first-order valence-electron chi connectivity index (χ1n) is 12.0. The van der Waals surface area contributed by atoms with E-state index < -0.39 is 28.8 Å². The number of hydrogen-bond donors (Lipinski definition) is 1. The number of hydrogen-bond acceptors (Lipinski definition) is 5. The van der Waals surface area contributed by atoms with Crippen molar-refractivity contribution < 1.29 is 32.6 Å². The number of aromatic nitrogens is 1. The van der Waals surface area contributed by atoms with Gasteiger partial charge in [0.25, 0.3) is 0 Å². The summed E-state index contributed by atoms with van der Waals surface area (Å²) in [6, 6.07) is 1.67. The van der Waals surface area contributed by atoms with Crippen molar-refractivity contribution >= 4 is 17.8 Å². The van der Waals surface area contributed by atoms with Crippen molar-refractivity contribution in [1.82, 2.24) is 14.8 Å². The second-order valence-corrected chi connectivity index (χ2v) is 10.3. The predicted molar refractivity (Wildman–Crippen MR) is 124 cm³/mol. The maximum Gasteiger partial charge on any atom is 0.416 e. The largest absolute Gasteiger partial charge is 0.465 e. The van der Waals surface area contributed by atoms with E-state index in [1.54, 1.807) is 9.80 Å². The first kappa shape index (κ1) is 27.0. The maximum atomic E-state index is 13.7. The van der Waals surface area contributed by atoms with E-state index in [1.165, 1.54) is 4.90 Å². The van der Waals surface area contributed by atoms with Crippen molar-refractivity contribution in [3.05, 3.63) is 23.9 Å². The van der Waals surface area contributed by atoms with Gasteiger partial charge in [-0.2, -0.15) is 13.2 Å². The molecule has 2 fully saturated rings. The van der Waals surface area contributed by atoms with E-state index in [4.69, 9.17) is 4.74 Å². The molecule has 3 rings (SSSR count). The van der Waals surface area contributed by atoms with Gasteiger partial charge in [0, 0.05) is 50.6 Å². The Morgan fingerprint density at radius 3 is 2.43 bits per heavy atom. The van der Waals surface area contributed by atoms with Gasteiger partial charge in [0.1, 0.15) is 5.82 Å². The highest BCUT2D eigenvalue weighted by Gasteiger charge is 2.51. The molecule has 8 nitrogen and oxygen atoms in total. The summed E-state index contributed by atoms with van der Waals surface area (Å²) in [5.41, 5.74) is -2.18. The molecule has 1 unspecified atom stereocenters. The van der Waals surface area contributed by atoms with Crippen molar-refractivity contribution in [2.24, 2.45) is 5.41 Å². The number of alkyl halides is 3. The van der Waals surface area contributed by atoms with E-state index in [0.717, 1.165) is 18.3 Å². The molecule has 2 amide bonds. The van der Waals surface area contributed by atoms with Crippen LogP contribution in [-0.2, 0) is 15.7 Å². The van der Waals surface area contributed by atoms with Crippen molar-refractivity contribution in [2.75, 3.05) is 44.3 Å². The molecule has 2 aliphatic rings. The number of carbonyl (C=O) groups is 2. The molecule has 11 heteroatoms. The second-order valence-electron chi connectivity index (χ2n) is 10.3. The Balaban J connectivity index is 1.73. The van der Waals surface area contributed by atoms with Crippen LogP contribution in [0.2, 0.25) is 0 Å². The molecular formula is C24H35F3N4O4. The van der Waals surface area contributed by atoms with E-state index >= 15 is 0 Å². The lowest BCUT2D eigenvalue weighted by molar-refractivity contribution is -0.146. The SMILES string of the molecule is CCOC[C@]1(C(=O)N2CCN(c3cc(C(F)(F)F)ccn3)CC2)CCC(N(C(=O)O)C(C)(C)C)C1. The van der Waals surface area contributed by atoms with Crippen molar-refractivity contribution in [2.45, 2.75) is 64.7 Å². The summed E-state index contributed by atoms with van der Waals surface area (Å²) in [7, 11) is 0. The third-order valence-corrected chi connectivity index (χ3v) is 6.88. The fourth-order valence-electron chi connectivity index (χ4n) is 5.24. The van der Waals surface area contributed by atoms with Crippen LogP contribution in [0, 0.1) is 5.41 Å². The Kier molecular flexibility index (Phi) is 7.88. The summed E-state index contributed by atoms with van der Waals surface area (Å²) in [5.74, 6) is 0.156. The Morgan fingerprint density at radius 2 is 1.89 bits per heavy atom. The van der Waals surface area contributed by atoms with Crippen molar-refractivity contribution in [3.63, 3.8) is 0 Å².